The molecule has 0 saturated heterocycles. The van der Waals surface area contributed by atoms with Crippen LogP contribution in [0.2, 0.25) is 0 Å². The lowest BCUT2D eigenvalue weighted by molar-refractivity contribution is -0.109. The van der Waals surface area contributed by atoms with E-state index in [0.717, 1.165) is 12.0 Å². The Bertz CT molecular complexity index is 175. The van der Waals surface area contributed by atoms with Crippen molar-refractivity contribution >= 4 is 18.7 Å². The van der Waals surface area contributed by atoms with Gasteiger partial charge in [0.1, 0.15) is 6.29 Å². The average molecular weight is 154 g/mol. The third-order valence-electron chi connectivity index (χ3n) is 1.79. The maximum Gasteiger partial charge on any atom is 0.130 e. The van der Waals surface area contributed by atoms with E-state index < -0.39 is 0 Å². The van der Waals surface area contributed by atoms with Gasteiger partial charge in [0.25, 0.3) is 0 Å². The molecule has 0 heterocycles. The Balaban J connectivity index is 4.39. The second-order valence-corrected chi connectivity index (χ2v) is 2.45. The standard InChI is InChI=1S/C8H14N2O/c1-6(9-3)8(5-11)7(2)10-4/h5-6,8H,3H2,1-2,4H3/t6-,8-/m0/s1. The zero-order chi connectivity index (χ0) is 8.85. The molecular formula is C8H14N2O. The lowest BCUT2D eigenvalue weighted by Crippen LogP contribution is -2.23. The van der Waals surface area contributed by atoms with Crippen molar-refractivity contribution in [3.8, 4) is 0 Å². The minimum atomic E-state index is -0.211. The molecule has 0 spiro atoms. The quantitative estimate of drug-likeness (QED) is 0.439. The van der Waals surface area contributed by atoms with Crippen molar-refractivity contribution in [2.45, 2.75) is 19.9 Å². The summed E-state index contributed by atoms with van der Waals surface area (Å²) >= 11 is 0. The zero-order valence-electron chi connectivity index (χ0n) is 7.24. The van der Waals surface area contributed by atoms with Gasteiger partial charge in [-0.05, 0) is 20.6 Å². The Morgan fingerprint density at radius 2 is 2.18 bits per heavy atom. The van der Waals surface area contributed by atoms with Crippen LogP contribution in [0.5, 0.6) is 0 Å². The van der Waals surface area contributed by atoms with Gasteiger partial charge >= 0.3 is 0 Å². The van der Waals surface area contributed by atoms with Gasteiger partial charge in [-0.2, -0.15) is 0 Å². The third-order valence-corrected chi connectivity index (χ3v) is 1.79. The largest absolute Gasteiger partial charge is 0.303 e. The molecule has 11 heavy (non-hydrogen) atoms. The summed E-state index contributed by atoms with van der Waals surface area (Å²) in [6.45, 7) is 7.05. The molecule has 0 radical (unpaired) electrons. The topological polar surface area (TPSA) is 41.8 Å². The summed E-state index contributed by atoms with van der Waals surface area (Å²) in [6, 6.07) is -0.0730. The fourth-order valence-electron chi connectivity index (χ4n) is 0.824. The van der Waals surface area contributed by atoms with Crippen LogP contribution in [0, 0.1) is 5.92 Å². The number of carbonyl (C=O) groups excluding carboxylic acids is 1. The number of rotatable bonds is 4. The highest BCUT2D eigenvalue weighted by atomic mass is 16.1. The van der Waals surface area contributed by atoms with E-state index in [4.69, 9.17) is 0 Å². The summed E-state index contributed by atoms with van der Waals surface area (Å²) in [5, 5.41) is 0. The van der Waals surface area contributed by atoms with Gasteiger partial charge in [-0.15, -0.1) is 0 Å². The van der Waals surface area contributed by atoms with Crippen molar-refractivity contribution in [1.82, 2.24) is 0 Å². The number of nitrogens with zero attached hydrogens (tertiary/aromatic N) is 2. The highest BCUT2D eigenvalue weighted by Crippen LogP contribution is 2.06. The average Bonchev–Trinajstić information content (AvgIpc) is 2.05. The van der Waals surface area contributed by atoms with Gasteiger partial charge in [0.2, 0.25) is 0 Å². The smallest absolute Gasteiger partial charge is 0.130 e. The molecule has 2 atom stereocenters. The number of aldehydes is 1. The fraction of sp³-hybridized carbons (Fsp3) is 0.625. The Morgan fingerprint density at radius 3 is 2.45 bits per heavy atom. The second kappa shape index (κ2) is 4.77. The number of aliphatic imine (C=N–C) groups is 2. The first-order valence-electron chi connectivity index (χ1n) is 3.51. The molecule has 3 nitrogen and oxygen atoms in total. The van der Waals surface area contributed by atoms with E-state index >= 15 is 0 Å². The summed E-state index contributed by atoms with van der Waals surface area (Å²) in [7, 11) is 1.67. The van der Waals surface area contributed by atoms with Crippen molar-refractivity contribution in [3.05, 3.63) is 0 Å². The minimum absolute atomic E-state index is 0.0730. The summed E-state index contributed by atoms with van der Waals surface area (Å²) in [5.41, 5.74) is 0.805. The molecule has 3 heteroatoms. The Kier molecular flexibility index (Phi) is 4.34. The predicted octanol–water partition coefficient (Wildman–Crippen LogP) is 0.981. The molecule has 0 aromatic carbocycles. The van der Waals surface area contributed by atoms with Crippen LogP contribution >= 0.6 is 0 Å². The van der Waals surface area contributed by atoms with Crippen molar-refractivity contribution in [1.29, 1.82) is 0 Å². The van der Waals surface area contributed by atoms with Crippen LogP contribution in [0.1, 0.15) is 13.8 Å². The van der Waals surface area contributed by atoms with Crippen LogP contribution in [-0.2, 0) is 4.79 Å². The molecule has 0 amide bonds. The maximum absolute atomic E-state index is 10.5. The van der Waals surface area contributed by atoms with Crippen LogP contribution in [0.4, 0.5) is 0 Å². The third kappa shape index (κ3) is 2.62. The van der Waals surface area contributed by atoms with Crippen LogP contribution < -0.4 is 0 Å². The Morgan fingerprint density at radius 1 is 1.64 bits per heavy atom. The first kappa shape index (κ1) is 10.0. The highest BCUT2D eigenvalue weighted by Gasteiger charge is 2.16. The predicted molar refractivity (Wildman–Crippen MR) is 47.6 cm³/mol. The zero-order valence-corrected chi connectivity index (χ0v) is 7.24. The van der Waals surface area contributed by atoms with Gasteiger partial charge in [0.15, 0.2) is 0 Å². The summed E-state index contributed by atoms with van der Waals surface area (Å²) in [6.07, 6.45) is 0.863. The van der Waals surface area contributed by atoms with E-state index in [9.17, 15) is 4.79 Å². The van der Waals surface area contributed by atoms with Gasteiger partial charge in [-0.25, -0.2) is 0 Å². The summed E-state index contributed by atoms with van der Waals surface area (Å²) in [5.74, 6) is -0.211. The van der Waals surface area contributed by atoms with Crippen molar-refractivity contribution in [2.24, 2.45) is 15.9 Å². The minimum Gasteiger partial charge on any atom is -0.303 e. The first-order valence-corrected chi connectivity index (χ1v) is 3.51. The first-order chi connectivity index (χ1) is 5.17. The lowest BCUT2D eigenvalue weighted by atomic mass is 9.99. The Labute approximate surface area is 67.2 Å². The van der Waals surface area contributed by atoms with E-state index in [-0.39, 0.29) is 12.0 Å². The van der Waals surface area contributed by atoms with E-state index in [0.29, 0.717) is 0 Å². The molecule has 0 aromatic rings. The van der Waals surface area contributed by atoms with Gasteiger partial charge in [0.05, 0.1) is 12.0 Å². The summed E-state index contributed by atoms with van der Waals surface area (Å²) < 4.78 is 0. The number of carbonyl (C=O) groups is 1. The molecule has 0 rings (SSSR count). The van der Waals surface area contributed by atoms with Crippen LogP contribution in [0.15, 0.2) is 9.98 Å². The molecule has 0 N–H and O–H groups in total. The SMILES string of the molecule is C=N[C@@H](C)[C@H](C=O)C(C)=NC. The molecule has 0 aromatic heterocycles. The van der Waals surface area contributed by atoms with Gasteiger partial charge in [0, 0.05) is 12.8 Å². The molecular weight excluding hydrogens is 140 g/mol. The molecule has 62 valence electrons. The molecule has 0 aliphatic carbocycles. The highest BCUT2D eigenvalue weighted by molar-refractivity contribution is 5.96. The van der Waals surface area contributed by atoms with Crippen LogP contribution in [0.3, 0.4) is 0 Å². The van der Waals surface area contributed by atoms with Gasteiger partial charge < -0.3 is 4.79 Å². The van der Waals surface area contributed by atoms with Crippen LogP contribution in [0.25, 0.3) is 0 Å². The molecule has 0 saturated carbocycles. The second-order valence-electron chi connectivity index (χ2n) is 2.45. The number of hydrogen-bond donors (Lipinski definition) is 0. The lowest BCUT2D eigenvalue weighted by Gasteiger charge is -2.12. The Hall–Kier alpha value is -0.990. The van der Waals surface area contributed by atoms with Crippen LogP contribution in [-0.4, -0.2) is 31.8 Å². The van der Waals surface area contributed by atoms with Crippen molar-refractivity contribution in [2.75, 3.05) is 7.05 Å². The summed E-state index contributed by atoms with van der Waals surface area (Å²) in [4.78, 5) is 18.2. The van der Waals surface area contributed by atoms with E-state index in [1.54, 1.807) is 7.05 Å². The van der Waals surface area contributed by atoms with E-state index in [2.05, 4.69) is 16.7 Å². The monoisotopic (exact) mass is 154 g/mol. The molecule has 0 unspecified atom stereocenters. The molecule has 0 fully saturated rings. The van der Waals surface area contributed by atoms with E-state index in [1.807, 2.05) is 13.8 Å². The van der Waals surface area contributed by atoms with Crippen molar-refractivity contribution in [3.63, 3.8) is 0 Å². The molecule has 0 bridgehead atoms. The van der Waals surface area contributed by atoms with Gasteiger partial charge in [-0.1, -0.05) is 0 Å². The molecule has 0 aliphatic rings. The maximum atomic E-state index is 10.5. The number of hydrogen-bond acceptors (Lipinski definition) is 3. The molecule has 0 aliphatic heterocycles. The van der Waals surface area contributed by atoms with Gasteiger partial charge in [-0.3, -0.25) is 9.98 Å². The fourth-order valence-corrected chi connectivity index (χ4v) is 0.824. The van der Waals surface area contributed by atoms with Crippen molar-refractivity contribution < 1.29 is 4.79 Å². The normalized spacial score (nSPS) is 17.2. The van der Waals surface area contributed by atoms with E-state index in [1.165, 1.54) is 0 Å².